The molecule has 0 radical (unpaired) electrons. The summed E-state index contributed by atoms with van der Waals surface area (Å²) in [5.41, 5.74) is 0.547. The Morgan fingerprint density at radius 3 is 2.41 bits per heavy atom. The second kappa shape index (κ2) is 10.7. The summed E-state index contributed by atoms with van der Waals surface area (Å²) in [7, 11) is 0. The van der Waals surface area contributed by atoms with E-state index in [1.807, 2.05) is 16.7 Å². The normalized spacial score (nSPS) is 26.3. The summed E-state index contributed by atoms with van der Waals surface area (Å²) in [6, 6.07) is 6.87. The lowest BCUT2D eigenvalue weighted by molar-refractivity contribution is -0.139. The molecule has 6 nitrogen and oxygen atoms in total. The number of hydrogen-bond acceptors (Lipinski definition) is 3. The zero-order chi connectivity index (χ0) is 24.4. The van der Waals surface area contributed by atoms with Crippen molar-refractivity contribution in [3.63, 3.8) is 0 Å². The number of benzene rings is 1. The number of carbonyl (C=O) groups excluding carboxylic acids is 3. The van der Waals surface area contributed by atoms with E-state index < -0.39 is 6.04 Å². The molecule has 2 heterocycles. The summed E-state index contributed by atoms with van der Waals surface area (Å²) in [4.78, 5) is 43.7. The molecule has 0 aromatic heterocycles. The summed E-state index contributed by atoms with van der Waals surface area (Å²) in [5.74, 6) is 0.760. The van der Waals surface area contributed by atoms with Crippen molar-refractivity contribution in [1.82, 2.24) is 15.1 Å². The first-order valence-electron chi connectivity index (χ1n) is 12.9. The van der Waals surface area contributed by atoms with Crippen LogP contribution in [0.25, 0.3) is 0 Å². The number of carbonyl (C=O) groups is 3. The molecule has 1 N–H and O–H groups in total. The Kier molecular flexibility index (Phi) is 7.86. The maximum absolute atomic E-state index is 13.7. The van der Waals surface area contributed by atoms with Gasteiger partial charge in [0.1, 0.15) is 6.04 Å². The van der Waals surface area contributed by atoms with Crippen LogP contribution in [0, 0.1) is 17.8 Å². The number of halogens is 1. The third-order valence-electron chi connectivity index (χ3n) is 8.23. The number of piperidine rings is 1. The molecular weight excluding hydrogens is 450 g/mol. The zero-order valence-corrected chi connectivity index (χ0v) is 21.4. The Morgan fingerprint density at radius 2 is 1.74 bits per heavy atom. The van der Waals surface area contributed by atoms with E-state index >= 15 is 0 Å². The highest BCUT2D eigenvalue weighted by atomic mass is 35.5. The predicted octanol–water partition coefficient (Wildman–Crippen LogP) is 4.51. The van der Waals surface area contributed by atoms with Gasteiger partial charge in [-0.2, -0.15) is 0 Å². The predicted molar refractivity (Wildman–Crippen MR) is 134 cm³/mol. The molecule has 1 aromatic carbocycles. The Balaban J connectivity index is 1.45. The van der Waals surface area contributed by atoms with Crippen molar-refractivity contribution in [3.05, 3.63) is 34.9 Å². The molecule has 186 valence electrons. The van der Waals surface area contributed by atoms with Gasteiger partial charge in [0, 0.05) is 41.7 Å². The van der Waals surface area contributed by atoms with E-state index in [1.165, 1.54) is 0 Å². The van der Waals surface area contributed by atoms with E-state index in [4.69, 9.17) is 11.6 Å². The number of amides is 3. The Labute approximate surface area is 208 Å². The van der Waals surface area contributed by atoms with Crippen molar-refractivity contribution >= 4 is 29.3 Å². The van der Waals surface area contributed by atoms with Crippen LogP contribution in [0.3, 0.4) is 0 Å². The Hall–Kier alpha value is -2.08. The highest BCUT2D eigenvalue weighted by Crippen LogP contribution is 2.41. The second-order valence-electron chi connectivity index (χ2n) is 10.7. The standard InChI is InChI=1S/C27H38ClN3O3/c1-17(2)18(3)29-25(32)19-11-13-30(14-12-19)27(34)24-16-20-7-4-5-10-23(20)31(24)26(33)21-8-6-9-22(28)15-21/h6,8-9,15,17-20,23-24H,4-5,7,10-14,16H2,1-3H3,(H,29,32). The van der Waals surface area contributed by atoms with E-state index in [9.17, 15) is 14.4 Å². The second-order valence-corrected chi connectivity index (χ2v) is 11.2. The molecule has 0 bridgehead atoms. The van der Waals surface area contributed by atoms with E-state index in [0.29, 0.717) is 48.4 Å². The topological polar surface area (TPSA) is 69.7 Å². The zero-order valence-electron chi connectivity index (χ0n) is 20.6. The Bertz CT molecular complexity index is 912. The Morgan fingerprint density at radius 1 is 1.03 bits per heavy atom. The van der Waals surface area contributed by atoms with Crippen molar-refractivity contribution in [2.75, 3.05) is 13.1 Å². The first-order valence-corrected chi connectivity index (χ1v) is 13.3. The highest BCUT2D eigenvalue weighted by molar-refractivity contribution is 6.31. The average Bonchev–Trinajstić information content (AvgIpc) is 3.22. The molecule has 3 aliphatic rings. The lowest BCUT2D eigenvalue weighted by Gasteiger charge is -2.37. The summed E-state index contributed by atoms with van der Waals surface area (Å²) in [5, 5.41) is 3.65. The average molecular weight is 488 g/mol. The minimum absolute atomic E-state index is 0.0409. The molecule has 0 spiro atoms. The molecule has 4 rings (SSSR count). The van der Waals surface area contributed by atoms with Crippen LogP contribution in [0.1, 0.15) is 76.1 Å². The van der Waals surface area contributed by atoms with Gasteiger partial charge in [0.05, 0.1) is 0 Å². The molecule has 1 aromatic rings. The van der Waals surface area contributed by atoms with E-state index in [1.54, 1.807) is 24.3 Å². The van der Waals surface area contributed by atoms with Crippen molar-refractivity contribution in [2.45, 2.75) is 83.8 Å². The van der Waals surface area contributed by atoms with Gasteiger partial charge in [0.15, 0.2) is 0 Å². The van der Waals surface area contributed by atoms with Gasteiger partial charge in [0.25, 0.3) is 5.91 Å². The van der Waals surface area contributed by atoms with Gasteiger partial charge in [-0.3, -0.25) is 14.4 Å². The van der Waals surface area contributed by atoms with Gasteiger partial charge in [0.2, 0.25) is 11.8 Å². The van der Waals surface area contributed by atoms with E-state index in [2.05, 4.69) is 19.2 Å². The van der Waals surface area contributed by atoms with Gasteiger partial charge in [-0.15, -0.1) is 0 Å². The molecule has 2 aliphatic heterocycles. The fourth-order valence-electron chi connectivity index (χ4n) is 5.82. The van der Waals surface area contributed by atoms with Crippen LogP contribution in [0.15, 0.2) is 24.3 Å². The molecule has 1 aliphatic carbocycles. The fourth-order valence-corrected chi connectivity index (χ4v) is 6.02. The van der Waals surface area contributed by atoms with Gasteiger partial charge in [-0.25, -0.2) is 0 Å². The summed E-state index contributed by atoms with van der Waals surface area (Å²) in [6.45, 7) is 7.37. The molecule has 4 unspecified atom stereocenters. The first-order chi connectivity index (χ1) is 16.3. The molecule has 34 heavy (non-hydrogen) atoms. The maximum Gasteiger partial charge on any atom is 0.254 e. The molecule has 1 saturated carbocycles. The third kappa shape index (κ3) is 5.27. The van der Waals surface area contributed by atoms with Crippen LogP contribution in [0.2, 0.25) is 5.02 Å². The lowest BCUT2D eigenvalue weighted by atomic mass is 9.84. The quantitative estimate of drug-likeness (QED) is 0.664. The molecule has 3 amide bonds. The van der Waals surface area contributed by atoms with Crippen LogP contribution in [0.5, 0.6) is 0 Å². The monoisotopic (exact) mass is 487 g/mol. The van der Waals surface area contributed by atoms with Gasteiger partial charge >= 0.3 is 0 Å². The number of hydrogen-bond donors (Lipinski definition) is 1. The van der Waals surface area contributed by atoms with Crippen LogP contribution >= 0.6 is 11.6 Å². The lowest BCUT2D eigenvalue weighted by Crippen LogP contribution is -2.53. The van der Waals surface area contributed by atoms with Crippen molar-refractivity contribution < 1.29 is 14.4 Å². The first kappa shape index (κ1) is 25.0. The van der Waals surface area contributed by atoms with Gasteiger partial charge in [-0.1, -0.05) is 44.4 Å². The van der Waals surface area contributed by atoms with Crippen molar-refractivity contribution in [2.24, 2.45) is 17.8 Å². The fraction of sp³-hybridized carbons (Fsp3) is 0.667. The van der Waals surface area contributed by atoms with Crippen molar-refractivity contribution in [3.8, 4) is 0 Å². The smallest absolute Gasteiger partial charge is 0.254 e. The molecule has 4 atom stereocenters. The molecular formula is C27H38ClN3O3. The van der Waals surface area contributed by atoms with Crippen LogP contribution in [-0.4, -0.2) is 58.7 Å². The third-order valence-corrected chi connectivity index (χ3v) is 8.46. The number of likely N-dealkylation sites (tertiary alicyclic amines) is 2. The summed E-state index contributed by atoms with van der Waals surface area (Å²) >= 11 is 6.16. The number of fused-ring (bicyclic) bond motifs is 1. The van der Waals surface area contributed by atoms with Crippen molar-refractivity contribution in [1.29, 1.82) is 0 Å². The number of nitrogens with zero attached hydrogens (tertiary/aromatic N) is 2. The number of rotatable bonds is 5. The number of nitrogens with one attached hydrogen (secondary N) is 1. The van der Waals surface area contributed by atoms with Crippen LogP contribution in [0.4, 0.5) is 0 Å². The highest BCUT2D eigenvalue weighted by Gasteiger charge is 2.49. The maximum atomic E-state index is 13.7. The minimum Gasteiger partial charge on any atom is -0.353 e. The molecule has 7 heteroatoms. The molecule has 3 fully saturated rings. The van der Waals surface area contributed by atoms with Crippen LogP contribution < -0.4 is 5.32 Å². The van der Waals surface area contributed by atoms with E-state index in [0.717, 1.165) is 32.1 Å². The van der Waals surface area contributed by atoms with E-state index in [-0.39, 0.29) is 35.7 Å². The summed E-state index contributed by atoms with van der Waals surface area (Å²) < 4.78 is 0. The molecule has 2 saturated heterocycles. The largest absolute Gasteiger partial charge is 0.353 e. The van der Waals surface area contributed by atoms with Gasteiger partial charge < -0.3 is 15.1 Å². The summed E-state index contributed by atoms with van der Waals surface area (Å²) in [6.07, 6.45) is 6.37. The van der Waals surface area contributed by atoms with Gasteiger partial charge in [-0.05, 0) is 69.1 Å². The minimum atomic E-state index is -0.425. The van der Waals surface area contributed by atoms with Crippen LogP contribution in [-0.2, 0) is 9.59 Å². The SMILES string of the molecule is CC(C)C(C)NC(=O)C1CCN(C(=O)C2CC3CCCCC3N2C(=O)c2cccc(Cl)c2)CC1.